The van der Waals surface area contributed by atoms with Crippen LogP contribution in [0.4, 0.5) is 0 Å². The molecule has 0 aromatic carbocycles. The molecule has 3 unspecified atom stereocenters. The Hall–Kier alpha value is -1.16. The van der Waals surface area contributed by atoms with Gasteiger partial charge >= 0.3 is 0 Å². The van der Waals surface area contributed by atoms with Gasteiger partial charge in [0.25, 0.3) is 0 Å². The minimum atomic E-state index is -0.564. The molecule has 1 saturated heterocycles. The van der Waals surface area contributed by atoms with Gasteiger partial charge in [0.05, 0.1) is 17.4 Å². The van der Waals surface area contributed by atoms with Crippen LogP contribution in [-0.4, -0.2) is 28.8 Å². The minimum absolute atomic E-state index is 0.0315. The molecule has 0 saturated carbocycles. The number of nitrogens with two attached hydrogens (primary N) is 1. The number of nitrogens with zero attached hydrogens (tertiary/aromatic N) is 1. The molecule has 100 valence electrons. The molecule has 2 rings (SSSR count). The van der Waals surface area contributed by atoms with Crippen LogP contribution in [0.3, 0.4) is 0 Å². The SMILES string of the molecule is CC(C)C(C)(CN)N1C(=O)C2CC=CCC2C1=O. The summed E-state index contributed by atoms with van der Waals surface area (Å²) in [6.45, 7) is 6.24. The van der Waals surface area contributed by atoms with Gasteiger partial charge in [-0.25, -0.2) is 0 Å². The highest BCUT2D eigenvalue weighted by Gasteiger charge is 2.53. The Morgan fingerprint density at radius 1 is 1.28 bits per heavy atom. The van der Waals surface area contributed by atoms with Crippen molar-refractivity contribution in [2.24, 2.45) is 23.5 Å². The van der Waals surface area contributed by atoms with Gasteiger partial charge in [0.1, 0.15) is 0 Å². The molecule has 0 spiro atoms. The van der Waals surface area contributed by atoms with E-state index in [2.05, 4.69) is 0 Å². The fraction of sp³-hybridized carbons (Fsp3) is 0.714. The van der Waals surface area contributed by atoms with E-state index in [-0.39, 0.29) is 29.6 Å². The number of carbonyl (C=O) groups excluding carboxylic acids is 2. The normalized spacial score (nSPS) is 30.8. The van der Waals surface area contributed by atoms with E-state index in [9.17, 15) is 9.59 Å². The fourth-order valence-electron chi connectivity index (χ4n) is 2.89. The molecule has 0 radical (unpaired) electrons. The third-order valence-electron chi connectivity index (χ3n) is 4.68. The first-order valence-electron chi connectivity index (χ1n) is 6.66. The zero-order chi connectivity index (χ0) is 13.5. The lowest BCUT2D eigenvalue weighted by Gasteiger charge is -2.40. The van der Waals surface area contributed by atoms with Crippen LogP contribution in [0.5, 0.6) is 0 Å². The van der Waals surface area contributed by atoms with Crippen molar-refractivity contribution in [3.63, 3.8) is 0 Å². The Bertz CT molecular complexity index is 377. The first-order chi connectivity index (χ1) is 8.43. The lowest BCUT2D eigenvalue weighted by Crippen LogP contribution is -2.58. The molecule has 18 heavy (non-hydrogen) atoms. The van der Waals surface area contributed by atoms with Crippen LogP contribution in [0.1, 0.15) is 33.6 Å². The van der Waals surface area contributed by atoms with E-state index in [0.717, 1.165) is 0 Å². The van der Waals surface area contributed by atoms with Crippen molar-refractivity contribution in [3.8, 4) is 0 Å². The summed E-state index contributed by atoms with van der Waals surface area (Å²) in [4.78, 5) is 26.4. The summed E-state index contributed by atoms with van der Waals surface area (Å²) >= 11 is 0. The van der Waals surface area contributed by atoms with Gasteiger partial charge in [0.15, 0.2) is 0 Å². The number of rotatable bonds is 3. The van der Waals surface area contributed by atoms with Crippen molar-refractivity contribution < 1.29 is 9.59 Å². The predicted octanol–water partition coefficient (Wildman–Crippen LogP) is 1.31. The number of imide groups is 1. The van der Waals surface area contributed by atoms with Gasteiger partial charge in [-0.05, 0) is 25.7 Å². The minimum Gasteiger partial charge on any atom is -0.328 e. The number of carbonyl (C=O) groups is 2. The molecule has 0 bridgehead atoms. The molecule has 2 amide bonds. The molecule has 2 N–H and O–H groups in total. The molecule has 0 aromatic rings. The number of hydrogen-bond acceptors (Lipinski definition) is 3. The van der Waals surface area contributed by atoms with Crippen LogP contribution in [0.2, 0.25) is 0 Å². The van der Waals surface area contributed by atoms with Crippen molar-refractivity contribution in [1.29, 1.82) is 0 Å². The van der Waals surface area contributed by atoms with Crippen molar-refractivity contribution in [1.82, 2.24) is 4.90 Å². The molecule has 1 fully saturated rings. The predicted molar refractivity (Wildman–Crippen MR) is 69.5 cm³/mol. The van der Waals surface area contributed by atoms with Gasteiger partial charge in [-0.3, -0.25) is 14.5 Å². The quantitative estimate of drug-likeness (QED) is 0.607. The zero-order valence-corrected chi connectivity index (χ0v) is 11.3. The van der Waals surface area contributed by atoms with Crippen LogP contribution in [0, 0.1) is 17.8 Å². The van der Waals surface area contributed by atoms with Gasteiger partial charge in [-0.1, -0.05) is 26.0 Å². The monoisotopic (exact) mass is 250 g/mol. The lowest BCUT2D eigenvalue weighted by atomic mass is 9.85. The van der Waals surface area contributed by atoms with E-state index in [0.29, 0.717) is 19.4 Å². The summed E-state index contributed by atoms with van der Waals surface area (Å²) in [7, 11) is 0. The van der Waals surface area contributed by atoms with Crippen LogP contribution in [0.25, 0.3) is 0 Å². The summed E-state index contributed by atoms with van der Waals surface area (Å²) in [5, 5.41) is 0. The maximum Gasteiger partial charge on any atom is 0.233 e. The summed E-state index contributed by atoms with van der Waals surface area (Å²) in [5.41, 5.74) is 5.28. The molecule has 4 nitrogen and oxygen atoms in total. The highest BCUT2D eigenvalue weighted by molar-refractivity contribution is 6.06. The Kier molecular flexibility index (Phi) is 3.32. The highest BCUT2D eigenvalue weighted by atomic mass is 16.2. The molecule has 1 aliphatic heterocycles. The number of fused-ring (bicyclic) bond motifs is 1. The zero-order valence-electron chi connectivity index (χ0n) is 11.3. The van der Waals surface area contributed by atoms with Crippen molar-refractivity contribution in [2.75, 3.05) is 6.54 Å². The number of hydrogen-bond donors (Lipinski definition) is 1. The Labute approximate surface area is 108 Å². The summed E-state index contributed by atoms with van der Waals surface area (Å²) < 4.78 is 0. The van der Waals surface area contributed by atoms with Crippen molar-refractivity contribution >= 4 is 11.8 Å². The molecule has 1 aliphatic carbocycles. The largest absolute Gasteiger partial charge is 0.328 e. The second-order valence-corrected chi connectivity index (χ2v) is 5.88. The van der Waals surface area contributed by atoms with Crippen LogP contribution < -0.4 is 5.73 Å². The second kappa shape index (κ2) is 4.50. The van der Waals surface area contributed by atoms with Crippen molar-refractivity contribution in [2.45, 2.75) is 39.2 Å². The number of likely N-dealkylation sites (tertiary alicyclic amines) is 1. The van der Waals surface area contributed by atoms with Crippen LogP contribution in [-0.2, 0) is 9.59 Å². The van der Waals surface area contributed by atoms with Crippen molar-refractivity contribution in [3.05, 3.63) is 12.2 Å². The topological polar surface area (TPSA) is 63.4 Å². The molecule has 2 aliphatic rings. The first-order valence-corrected chi connectivity index (χ1v) is 6.66. The summed E-state index contributed by atoms with van der Waals surface area (Å²) in [5.74, 6) is -0.227. The third-order valence-corrected chi connectivity index (χ3v) is 4.68. The van der Waals surface area contributed by atoms with Gasteiger partial charge in [-0.15, -0.1) is 0 Å². The van der Waals surface area contributed by atoms with E-state index >= 15 is 0 Å². The van der Waals surface area contributed by atoms with E-state index in [1.807, 2.05) is 32.9 Å². The maximum atomic E-state index is 12.5. The molecule has 3 atom stereocenters. The van der Waals surface area contributed by atoms with Gasteiger partial charge in [-0.2, -0.15) is 0 Å². The standard InChI is InChI=1S/C14H22N2O2/c1-9(2)14(3,8-15)16-12(17)10-6-4-5-7-11(10)13(16)18/h4-5,9-11H,6-8,15H2,1-3H3. The average molecular weight is 250 g/mol. The summed E-state index contributed by atoms with van der Waals surface area (Å²) in [6.07, 6.45) is 5.38. The van der Waals surface area contributed by atoms with Gasteiger partial charge < -0.3 is 5.73 Å². The summed E-state index contributed by atoms with van der Waals surface area (Å²) in [6, 6.07) is 0. The fourth-order valence-corrected chi connectivity index (χ4v) is 2.89. The van der Waals surface area contributed by atoms with Gasteiger partial charge in [0.2, 0.25) is 11.8 Å². The molecular weight excluding hydrogens is 228 g/mol. The van der Waals surface area contributed by atoms with E-state index in [1.54, 1.807) is 0 Å². The number of allylic oxidation sites excluding steroid dienone is 2. The van der Waals surface area contributed by atoms with E-state index in [1.165, 1.54) is 4.90 Å². The Morgan fingerprint density at radius 3 is 2.06 bits per heavy atom. The second-order valence-electron chi connectivity index (χ2n) is 5.88. The third kappa shape index (κ3) is 1.70. The lowest BCUT2D eigenvalue weighted by molar-refractivity contribution is -0.148. The Morgan fingerprint density at radius 2 is 1.72 bits per heavy atom. The smallest absolute Gasteiger partial charge is 0.233 e. The number of amides is 2. The average Bonchev–Trinajstić information content (AvgIpc) is 2.62. The first kappa shape index (κ1) is 13.3. The molecule has 1 heterocycles. The van der Waals surface area contributed by atoms with E-state index in [4.69, 9.17) is 5.73 Å². The molecule has 0 aromatic heterocycles. The highest BCUT2D eigenvalue weighted by Crippen LogP contribution is 2.40. The van der Waals surface area contributed by atoms with Gasteiger partial charge in [0, 0.05) is 6.54 Å². The van der Waals surface area contributed by atoms with E-state index < -0.39 is 5.54 Å². The maximum absolute atomic E-state index is 12.5. The molecule has 4 heteroatoms. The molecular formula is C14H22N2O2. The Balaban J connectivity index is 2.35. The van der Waals surface area contributed by atoms with Crippen LogP contribution >= 0.6 is 0 Å². The van der Waals surface area contributed by atoms with Crippen LogP contribution in [0.15, 0.2) is 12.2 Å².